The van der Waals surface area contributed by atoms with Crippen LogP contribution in [0.3, 0.4) is 0 Å². The summed E-state index contributed by atoms with van der Waals surface area (Å²) in [5.41, 5.74) is 0.969. The van der Waals surface area contributed by atoms with E-state index in [2.05, 4.69) is 26.2 Å². The Balaban J connectivity index is 2.00. The zero-order chi connectivity index (χ0) is 10.7. The summed E-state index contributed by atoms with van der Waals surface area (Å²) in [6.07, 6.45) is 2.57. The van der Waals surface area contributed by atoms with Gasteiger partial charge in [0.1, 0.15) is 6.10 Å². The van der Waals surface area contributed by atoms with Gasteiger partial charge in [0, 0.05) is 17.1 Å². The van der Waals surface area contributed by atoms with E-state index in [1.165, 1.54) is 6.42 Å². The number of aryl methyl sites for hydroxylation is 1. The molecule has 2 heterocycles. The highest BCUT2D eigenvalue weighted by atomic mass is 79.9. The van der Waals surface area contributed by atoms with Gasteiger partial charge in [-0.1, -0.05) is 0 Å². The molecule has 0 spiro atoms. The Morgan fingerprint density at radius 1 is 1.53 bits per heavy atom. The number of piperidine rings is 1. The van der Waals surface area contributed by atoms with E-state index < -0.39 is 0 Å². The zero-order valence-corrected chi connectivity index (χ0v) is 10.4. The van der Waals surface area contributed by atoms with Crippen LogP contribution in [-0.2, 0) is 0 Å². The Morgan fingerprint density at radius 2 is 2.40 bits per heavy atom. The van der Waals surface area contributed by atoms with Crippen molar-refractivity contribution < 1.29 is 4.74 Å². The summed E-state index contributed by atoms with van der Waals surface area (Å²) in [4.78, 5) is 4.37. The Labute approximate surface area is 98.4 Å². The van der Waals surface area contributed by atoms with Crippen molar-refractivity contribution in [2.24, 2.45) is 0 Å². The number of hydrogen-bond donors (Lipinski definition) is 1. The first-order valence-corrected chi connectivity index (χ1v) is 6.05. The second-order valence-electron chi connectivity index (χ2n) is 3.80. The molecule has 1 aliphatic rings. The summed E-state index contributed by atoms with van der Waals surface area (Å²) in [5, 5.41) is 3.32. The van der Waals surface area contributed by atoms with E-state index >= 15 is 0 Å². The largest absolute Gasteiger partial charge is 0.473 e. The summed E-state index contributed by atoms with van der Waals surface area (Å²) in [5.74, 6) is 0.726. The van der Waals surface area contributed by atoms with Gasteiger partial charge in [0.05, 0.1) is 5.69 Å². The summed E-state index contributed by atoms with van der Waals surface area (Å²) >= 11 is 3.42. The Bertz CT molecular complexity index is 337. The molecule has 0 aromatic carbocycles. The van der Waals surface area contributed by atoms with E-state index in [1.54, 1.807) is 0 Å². The number of aromatic nitrogens is 1. The molecule has 1 N–H and O–H groups in total. The predicted molar refractivity (Wildman–Crippen MR) is 63.2 cm³/mol. The van der Waals surface area contributed by atoms with Crippen molar-refractivity contribution in [2.75, 3.05) is 13.1 Å². The van der Waals surface area contributed by atoms with Crippen molar-refractivity contribution in [3.05, 3.63) is 22.3 Å². The Hall–Kier alpha value is -0.610. The molecule has 15 heavy (non-hydrogen) atoms. The van der Waals surface area contributed by atoms with E-state index in [1.807, 2.05) is 19.1 Å². The fourth-order valence-electron chi connectivity index (χ4n) is 1.68. The minimum Gasteiger partial charge on any atom is -0.473 e. The second kappa shape index (κ2) is 4.94. The highest BCUT2D eigenvalue weighted by Crippen LogP contribution is 2.19. The average molecular weight is 271 g/mol. The normalized spacial score (nSPS) is 21.3. The van der Waals surface area contributed by atoms with Crippen LogP contribution < -0.4 is 10.1 Å². The molecule has 0 saturated carbocycles. The summed E-state index contributed by atoms with van der Waals surface area (Å²) in [6.45, 7) is 4.00. The molecule has 1 aliphatic heterocycles. The van der Waals surface area contributed by atoms with Crippen LogP contribution in [0.4, 0.5) is 0 Å². The van der Waals surface area contributed by atoms with E-state index in [9.17, 15) is 0 Å². The van der Waals surface area contributed by atoms with Crippen molar-refractivity contribution in [2.45, 2.75) is 25.9 Å². The van der Waals surface area contributed by atoms with E-state index in [-0.39, 0.29) is 6.10 Å². The molecular weight excluding hydrogens is 256 g/mol. The Morgan fingerprint density at radius 3 is 3.07 bits per heavy atom. The van der Waals surface area contributed by atoms with Gasteiger partial charge in [0.2, 0.25) is 5.88 Å². The fourth-order valence-corrected chi connectivity index (χ4v) is 1.90. The first kappa shape index (κ1) is 10.9. The van der Waals surface area contributed by atoms with Gasteiger partial charge in [-0.05, 0) is 48.3 Å². The van der Waals surface area contributed by atoms with Gasteiger partial charge < -0.3 is 10.1 Å². The van der Waals surface area contributed by atoms with Crippen LogP contribution in [-0.4, -0.2) is 24.2 Å². The highest BCUT2D eigenvalue weighted by molar-refractivity contribution is 9.10. The molecular formula is C11H15BrN2O. The van der Waals surface area contributed by atoms with Crippen LogP contribution in [0.5, 0.6) is 5.88 Å². The molecule has 1 aromatic rings. The zero-order valence-electron chi connectivity index (χ0n) is 8.79. The first-order chi connectivity index (χ1) is 7.25. The molecule has 1 atom stereocenters. The second-order valence-corrected chi connectivity index (χ2v) is 4.66. The molecule has 1 aromatic heterocycles. The van der Waals surface area contributed by atoms with E-state index in [0.29, 0.717) is 0 Å². The van der Waals surface area contributed by atoms with Crippen molar-refractivity contribution in [3.8, 4) is 5.88 Å². The van der Waals surface area contributed by atoms with Crippen molar-refractivity contribution in [1.29, 1.82) is 0 Å². The van der Waals surface area contributed by atoms with Crippen LogP contribution >= 0.6 is 15.9 Å². The molecule has 0 aliphatic carbocycles. The van der Waals surface area contributed by atoms with Crippen LogP contribution in [0, 0.1) is 6.92 Å². The van der Waals surface area contributed by atoms with Gasteiger partial charge in [0.15, 0.2) is 0 Å². The van der Waals surface area contributed by atoms with Crippen LogP contribution in [0.25, 0.3) is 0 Å². The van der Waals surface area contributed by atoms with Gasteiger partial charge >= 0.3 is 0 Å². The third kappa shape index (κ3) is 2.92. The summed E-state index contributed by atoms with van der Waals surface area (Å²) in [7, 11) is 0. The Kier molecular flexibility index (Phi) is 3.59. The molecule has 1 saturated heterocycles. The molecule has 1 fully saturated rings. The lowest BCUT2D eigenvalue weighted by Crippen LogP contribution is -2.37. The fraction of sp³-hybridized carbons (Fsp3) is 0.545. The molecule has 3 nitrogen and oxygen atoms in total. The van der Waals surface area contributed by atoms with Gasteiger partial charge in [-0.3, -0.25) is 0 Å². The monoisotopic (exact) mass is 270 g/mol. The highest BCUT2D eigenvalue weighted by Gasteiger charge is 2.14. The van der Waals surface area contributed by atoms with E-state index in [4.69, 9.17) is 4.74 Å². The maximum Gasteiger partial charge on any atom is 0.213 e. The van der Waals surface area contributed by atoms with Gasteiger partial charge in [0.25, 0.3) is 0 Å². The number of hydrogen-bond acceptors (Lipinski definition) is 3. The lowest BCUT2D eigenvalue weighted by atomic mass is 10.1. The third-order valence-electron chi connectivity index (χ3n) is 2.53. The van der Waals surface area contributed by atoms with Crippen molar-refractivity contribution >= 4 is 15.9 Å². The third-order valence-corrected chi connectivity index (χ3v) is 3.37. The number of nitrogens with zero attached hydrogens (tertiary/aromatic N) is 1. The molecule has 82 valence electrons. The minimum atomic E-state index is 0.270. The number of ether oxygens (including phenoxy) is 1. The van der Waals surface area contributed by atoms with Gasteiger partial charge in [-0.2, -0.15) is 0 Å². The predicted octanol–water partition coefficient (Wildman–Crippen LogP) is 2.28. The maximum absolute atomic E-state index is 5.80. The number of pyridine rings is 1. The molecule has 4 heteroatoms. The van der Waals surface area contributed by atoms with Gasteiger partial charge in [-0.25, -0.2) is 4.98 Å². The standard InChI is InChI=1S/C11H15BrN2O/c1-8-10(12)4-5-11(14-8)15-9-3-2-6-13-7-9/h4-5,9,13H,2-3,6-7H2,1H3/t9-/m0/s1. The smallest absolute Gasteiger partial charge is 0.213 e. The number of halogens is 1. The van der Waals surface area contributed by atoms with Crippen molar-refractivity contribution in [3.63, 3.8) is 0 Å². The van der Waals surface area contributed by atoms with Crippen LogP contribution in [0.2, 0.25) is 0 Å². The minimum absolute atomic E-state index is 0.270. The van der Waals surface area contributed by atoms with Crippen LogP contribution in [0.15, 0.2) is 16.6 Å². The molecule has 0 unspecified atom stereocenters. The lowest BCUT2D eigenvalue weighted by Gasteiger charge is -2.23. The molecule has 0 amide bonds. The summed E-state index contributed by atoms with van der Waals surface area (Å²) < 4.78 is 6.82. The molecule has 0 bridgehead atoms. The number of rotatable bonds is 2. The first-order valence-electron chi connectivity index (χ1n) is 5.26. The maximum atomic E-state index is 5.80. The lowest BCUT2D eigenvalue weighted by molar-refractivity contribution is 0.160. The molecule has 2 rings (SSSR count). The van der Waals surface area contributed by atoms with Crippen molar-refractivity contribution in [1.82, 2.24) is 10.3 Å². The van der Waals surface area contributed by atoms with E-state index in [0.717, 1.165) is 35.6 Å². The molecule has 0 radical (unpaired) electrons. The SMILES string of the molecule is Cc1nc(O[C@H]2CCCNC2)ccc1Br. The average Bonchev–Trinajstić information content (AvgIpc) is 2.25. The summed E-state index contributed by atoms with van der Waals surface area (Å²) in [6, 6.07) is 3.89. The topological polar surface area (TPSA) is 34.1 Å². The number of nitrogens with one attached hydrogen (secondary N) is 1. The van der Waals surface area contributed by atoms with Gasteiger partial charge in [-0.15, -0.1) is 0 Å². The quantitative estimate of drug-likeness (QED) is 0.896. The van der Waals surface area contributed by atoms with Crippen LogP contribution in [0.1, 0.15) is 18.5 Å².